The lowest BCUT2D eigenvalue weighted by atomic mass is 9.80. The van der Waals surface area contributed by atoms with Gasteiger partial charge in [-0.05, 0) is 53.9 Å². The van der Waals surface area contributed by atoms with Gasteiger partial charge in [-0.1, -0.05) is 37.3 Å². The summed E-state index contributed by atoms with van der Waals surface area (Å²) in [5, 5.41) is 10.7. The molecule has 1 aliphatic carbocycles. The number of hydrogen-bond acceptors (Lipinski definition) is 4. The molecule has 5 nitrogen and oxygen atoms in total. The predicted octanol–water partition coefficient (Wildman–Crippen LogP) is 5.73. The fourth-order valence-corrected chi connectivity index (χ4v) is 4.28. The molecule has 0 heterocycles. The number of ether oxygens (including phenoxy) is 1. The maximum atomic E-state index is 14.0. The zero-order valence-corrected chi connectivity index (χ0v) is 17.1. The minimum Gasteiger partial charge on any atom is -0.423 e. The normalized spacial score (nSPS) is 19.0. The van der Waals surface area contributed by atoms with E-state index in [4.69, 9.17) is 4.74 Å². The van der Waals surface area contributed by atoms with Crippen LogP contribution in [-0.2, 0) is 10.2 Å². The Morgan fingerprint density at radius 2 is 1.56 bits per heavy atom. The van der Waals surface area contributed by atoms with Crippen LogP contribution in [0.3, 0.4) is 0 Å². The maximum absolute atomic E-state index is 14.0. The van der Waals surface area contributed by atoms with Crippen molar-refractivity contribution in [2.24, 2.45) is 5.41 Å². The first-order valence-corrected chi connectivity index (χ1v) is 9.91. The van der Waals surface area contributed by atoms with Gasteiger partial charge in [-0.15, -0.1) is 0 Å². The van der Waals surface area contributed by atoms with Crippen LogP contribution in [0.1, 0.15) is 24.5 Å². The smallest absolute Gasteiger partial charge is 0.335 e. The van der Waals surface area contributed by atoms with Crippen LogP contribution in [-0.4, -0.2) is 10.9 Å². The molecule has 1 atom stereocenters. The van der Waals surface area contributed by atoms with Crippen LogP contribution in [0.25, 0.3) is 0 Å². The van der Waals surface area contributed by atoms with Crippen LogP contribution in [0, 0.1) is 27.2 Å². The van der Waals surface area contributed by atoms with Gasteiger partial charge in [-0.3, -0.25) is 10.1 Å². The third-order valence-corrected chi connectivity index (χ3v) is 5.97. The molecule has 32 heavy (non-hydrogen) atoms. The number of nitrogens with zero attached hydrogens (tertiary/aromatic N) is 1. The fourth-order valence-electron chi connectivity index (χ4n) is 4.28. The molecule has 0 amide bonds. The molecular formula is C25H19F2NO4. The van der Waals surface area contributed by atoms with E-state index < -0.39 is 33.4 Å². The Hall–Kier alpha value is -3.87. The van der Waals surface area contributed by atoms with Crippen LogP contribution < -0.4 is 4.74 Å². The molecule has 1 saturated carbocycles. The lowest BCUT2D eigenvalue weighted by Crippen LogP contribution is -2.18. The standard InChI is InChI=1S/C25H19F2NO4/c1-24(13-12-23(29)32-22-10-8-21(9-11-22)28(30)31)16-25(24,17-4-2-6-19(26)14-17)18-5-3-7-20(27)15-18/h2-15H,16H2,1H3/b13-12+. The van der Waals surface area contributed by atoms with E-state index in [1.165, 1.54) is 54.6 Å². The summed E-state index contributed by atoms with van der Waals surface area (Å²) >= 11 is 0. The minimum atomic E-state index is -0.693. The zero-order valence-electron chi connectivity index (χ0n) is 17.1. The Labute approximate surface area is 183 Å². The summed E-state index contributed by atoms with van der Waals surface area (Å²) < 4.78 is 33.2. The topological polar surface area (TPSA) is 69.4 Å². The third-order valence-electron chi connectivity index (χ3n) is 5.97. The van der Waals surface area contributed by atoms with E-state index in [0.29, 0.717) is 17.5 Å². The maximum Gasteiger partial charge on any atom is 0.335 e. The molecule has 7 heteroatoms. The number of halogens is 2. The second kappa shape index (κ2) is 8.00. The minimum absolute atomic E-state index is 0.110. The van der Waals surface area contributed by atoms with Crippen molar-refractivity contribution < 1.29 is 23.2 Å². The van der Waals surface area contributed by atoms with Crippen molar-refractivity contribution in [3.63, 3.8) is 0 Å². The van der Waals surface area contributed by atoms with Gasteiger partial charge >= 0.3 is 5.97 Å². The lowest BCUT2D eigenvalue weighted by molar-refractivity contribution is -0.384. The molecule has 0 bridgehead atoms. The van der Waals surface area contributed by atoms with Crippen LogP contribution in [0.4, 0.5) is 14.5 Å². The van der Waals surface area contributed by atoms with Crippen molar-refractivity contribution in [1.29, 1.82) is 0 Å². The Morgan fingerprint density at radius 3 is 2.06 bits per heavy atom. The molecule has 0 saturated heterocycles. The predicted molar refractivity (Wildman–Crippen MR) is 114 cm³/mol. The third kappa shape index (κ3) is 3.89. The first kappa shape index (κ1) is 21.4. The molecule has 1 aliphatic rings. The molecule has 3 aromatic rings. The second-order valence-electron chi connectivity index (χ2n) is 8.03. The highest BCUT2D eigenvalue weighted by atomic mass is 19.1. The Bertz CT molecular complexity index is 1180. The number of hydrogen-bond donors (Lipinski definition) is 0. The number of esters is 1. The molecular weight excluding hydrogens is 416 g/mol. The number of nitro benzene ring substituents is 1. The van der Waals surface area contributed by atoms with Gasteiger partial charge in [0.1, 0.15) is 17.4 Å². The monoisotopic (exact) mass is 435 g/mol. The Morgan fingerprint density at radius 1 is 1.00 bits per heavy atom. The Kier molecular flexibility index (Phi) is 5.34. The number of nitro groups is 1. The van der Waals surface area contributed by atoms with Gasteiger partial charge in [0.15, 0.2) is 0 Å². The summed E-state index contributed by atoms with van der Waals surface area (Å²) in [5.41, 5.74) is 0.00325. The Balaban J connectivity index is 1.60. The SMILES string of the molecule is CC1(/C=C/C(=O)Oc2ccc([N+](=O)[O-])cc2)CC1(c1cccc(F)c1)c1cccc(F)c1. The van der Waals surface area contributed by atoms with Gasteiger partial charge in [-0.2, -0.15) is 0 Å². The highest BCUT2D eigenvalue weighted by Gasteiger charge is 2.64. The number of rotatable bonds is 6. The first-order valence-electron chi connectivity index (χ1n) is 9.91. The average molecular weight is 435 g/mol. The molecule has 0 aliphatic heterocycles. The van der Waals surface area contributed by atoms with Gasteiger partial charge in [0.05, 0.1) is 4.92 Å². The van der Waals surface area contributed by atoms with Crippen molar-refractivity contribution in [3.8, 4) is 5.75 Å². The molecule has 1 fully saturated rings. The molecule has 0 aromatic heterocycles. The quantitative estimate of drug-likeness (QED) is 0.163. The summed E-state index contributed by atoms with van der Waals surface area (Å²) in [4.78, 5) is 22.5. The van der Waals surface area contributed by atoms with Crippen LogP contribution >= 0.6 is 0 Å². The van der Waals surface area contributed by atoms with Crippen LogP contribution in [0.15, 0.2) is 84.9 Å². The first-order chi connectivity index (χ1) is 15.2. The zero-order chi connectivity index (χ0) is 22.9. The highest BCUT2D eigenvalue weighted by molar-refractivity contribution is 5.84. The van der Waals surface area contributed by atoms with Crippen LogP contribution in [0.2, 0.25) is 0 Å². The molecule has 0 radical (unpaired) electrons. The molecule has 0 spiro atoms. The van der Waals surface area contributed by atoms with Crippen molar-refractivity contribution in [1.82, 2.24) is 0 Å². The molecule has 0 N–H and O–H groups in total. The number of allylic oxidation sites excluding steroid dienone is 1. The van der Waals surface area contributed by atoms with E-state index in [2.05, 4.69) is 0 Å². The molecule has 3 aromatic carbocycles. The number of carbonyl (C=O) groups excluding carboxylic acids is 1. The summed E-state index contributed by atoms with van der Waals surface area (Å²) in [7, 11) is 0. The number of non-ortho nitro benzene ring substituents is 1. The molecule has 162 valence electrons. The molecule has 4 rings (SSSR count). The number of benzene rings is 3. The lowest BCUT2D eigenvalue weighted by Gasteiger charge is -2.23. The van der Waals surface area contributed by atoms with Crippen molar-refractivity contribution in [3.05, 3.63) is 118 Å². The van der Waals surface area contributed by atoms with Gasteiger partial charge in [0, 0.05) is 29.0 Å². The van der Waals surface area contributed by atoms with Crippen molar-refractivity contribution in [2.75, 3.05) is 0 Å². The van der Waals surface area contributed by atoms with Crippen LogP contribution in [0.5, 0.6) is 5.75 Å². The molecule has 1 unspecified atom stereocenters. The fraction of sp³-hybridized carbons (Fsp3) is 0.160. The van der Waals surface area contributed by atoms with E-state index >= 15 is 0 Å². The average Bonchev–Trinajstić information content (AvgIpc) is 3.40. The number of carbonyl (C=O) groups is 1. The van der Waals surface area contributed by atoms with Gasteiger partial charge in [0.2, 0.25) is 0 Å². The van der Waals surface area contributed by atoms with E-state index in [-0.39, 0.29) is 11.4 Å². The van der Waals surface area contributed by atoms with Gasteiger partial charge in [-0.25, -0.2) is 13.6 Å². The summed E-state index contributed by atoms with van der Waals surface area (Å²) in [5.74, 6) is -1.27. The van der Waals surface area contributed by atoms with Gasteiger partial charge in [0.25, 0.3) is 5.69 Å². The van der Waals surface area contributed by atoms with Crippen molar-refractivity contribution in [2.45, 2.75) is 18.8 Å². The summed E-state index contributed by atoms with van der Waals surface area (Å²) in [6.07, 6.45) is 3.52. The summed E-state index contributed by atoms with van der Waals surface area (Å²) in [6, 6.07) is 17.5. The summed E-state index contributed by atoms with van der Waals surface area (Å²) in [6.45, 7) is 1.92. The van der Waals surface area contributed by atoms with E-state index in [1.54, 1.807) is 30.3 Å². The largest absolute Gasteiger partial charge is 0.423 e. The second-order valence-corrected chi connectivity index (χ2v) is 8.03. The van der Waals surface area contributed by atoms with E-state index in [9.17, 15) is 23.7 Å². The highest BCUT2D eigenvalue weighted by Crippen LogP contribution is 2.69. The van der Waals surface area contributed by atoms with E-state index in [1.807, 2.05) is 6.92 Å². The van der Waals surface area contributed by atoms with E-state index in [0.717, 1.165) is 0 Å². The van der Waals surface area contributed by atoms with Crippen molar-refractivity contribution >= 4 is 11.7 Å². The van der Waals surface area contributed by atoms with Gasteiger partial charge < -0.3 is 4.74 Å².